The number of rotatable bonds is 2. The maximum atomic E-state index is 13.7. The van der Waals surface area contributed by atoms with Crippen LogP contribution in [-0.4, -0.2) is 20.2 Å². The van der Waals surface area contributed by atoms with E-state index in [0.717, 1.165) is 0 Å². The van der Waals surface area contributed by atoms with Crippen LogP contribution in [0.1, 0.15) is 15.9 Å². The van der Waals surface area contributed by atoms with Crippen molar-refractivity contribution >= 4 is 21.9 Å². The number of methoxy groups -OCH3 is 2. The fourth-order valence-electron chi connectivity index (χ4n) is 1.18. The molecule has 0 atom stereocenters. The van der Waals surface area contributed by atoms with Crippen LogP contribution >= 0.6 is 15.9 Å². The van der Waals surface area contributed by atoms with Gasteiger partial charge in [-0.1, -0.05) is 0 Å². The molecule has 0 saturated heterocycles. The Kier molecular flexibility index (Phi) is 3.68. The van der Waals surface area contributed by atoms with Crippen molar-refractivity contribution < 1.29 is 18.7 Å². The summed E-state index contributed by atoms with van der Waals surface area (Å²) in [4.78, 5) is 11.2. The molecule has 5 heteroatoms. The summed E-state index contributed by atoms with van der Waals surface area (Å²) in [5.41, 5.74) is 0.573. The summed E-state index contributed by atoms with van der Waals surface area (Å²) in [5, 5.41) is 0. The minimum atomic E-state index is -0.721. The number of benzene rings is 1. The van der Waals surface area contributed by atoms with Gasteiger partial charge in [-0.05, 0) is 34.5 Å². The minimum absolute atomic E-state index is 0.00963. The molecule has 0 spiro atoms. The average molecular weight is 277 g/mol. The van der Waals surface area contributed by atoms with E-state index in [1.54, 1.807) is 6.92 Å². The number of aryl methyl sites for hydroxylation is 1. The zero-order chi connectivity index (χ0) is 11.6. The summed E-state index contributed by atoms with van der Waals surface area (Å²) in [6.45, 7) is 1.73. The minimum Gasteiger partial charge on any atom is -0.492 e. The van der Waals surface area contributed by atoms with Crippen molar-refractivity contribution in [3.8, 4) is 5.75 Å². The maximum absolute atomic E-state index is 13.7. The van der Waals surface area contributed by atoms with Gasteiger partial charge in [-0.15, -0.1) is 0 Å². The van der Waals surface area contributed by atoms with Gasteiger partial charge < -0.3 is 9.47 Å². The first-order valence-corrected chi connectivity index (χ1v) is 4.93. The Labute approximate surface area is 95.3 Å². The summed E-state index contributed by atoms with van der Waals surface area (Å²) in [5.74, 6) is -1.43. The second-order valence-electron chi connectivity index (χ2n) is 2.89. The van der Waals surface area contributed by atoms with Gasteiger partial charge >= 0.3 is 5.97 Å². The lowest BCUT2D eigenvalue weighted by atomic mass is 10.1. The summed E-state index contributed by atoms with van der Waals surface area (Å²) >= 11 is 3.18. The van der Waals surface area contributed by atoms with Gasteiger partial charge in [0, 0.05) is 0 Å². The second kappa shape index (κ2) is 4.61. The maximum Gasteiger partial charge on any atom is 0.341 e. The number of esters is 1. The standard InChI is InChI=1S/C10H10BrFO3/c1-5-4-6(10(13)15-3)8(12)9(14-2)7(5)11/h4H,1-3H3. The van der Waals surface area contributed by atoms with Crippen LogP contribution in [0.15, 0.2) is 10.5 Å². The molecule has 0 aliphatic rings. The zero-order valence-electron chi connectivity index (χ0n) is 8.56. The third kappa shape index (κ3) is 2.12. The van der Waals surface area contributed by atoms with Gasteiger partial charge in [0.05, 0.1) is 24.3 Å². The summed E-state index contributed by atoms with van der Waals surface area (Å²) in [6.07, 6.45) is 0. The average Bonchev–Trinajstić information content (AvgIpc) is 2.23. The largest absolute Gasteiger partial charge is 0.492 e. The fourth-order valence-corrected chi connectivity index (χ4v) is 1.63. The highest BCUT2D eigenvalue weighted by molar-refractivity contribution is 9.10. The van der Waals surface area contributed by atoms with Crippen LogP contribution < -0.4 is 4.74 Å². The fraction of sp³-hybridized carbons (Fsp3) is 0.300. The van der Waals surface area contributed by atoms with E-state index in [1.807, 2.05) is 0 Å². The number of carbonyl (C=O) groups is 1. The van der Waals surface area contributed by atoms with Crippen LogP contribution in [0.25, 0.3) is 0 Å². The van der Waals surface area contributed by atoms with Crippen LogP contribution in [0.2, 0.25) is 0 Å². The molecule has 0 radical (unpaired) electrons. The molecule has 0 unspecified atom stereocenters. The molecule has 0 aliphatic carbocycles. The lowest BCUT2D eigenvalue weighted by molar-refractivity contribution is 0.0594. The Bertz CT molecular complexity index is 404. The third-order valence-electron chi connectivity index (χ3n) is 1.95. The molecule has 0 N–H and O–H groups in total. The van der Waals surface area contributed by atoms with Crippen molar-refractivity contribution in [3.63, 3.8) is 0 Å². The molecule has 1 rings (SSSR count). The SMILES string of the molecule is COC(=O)c1cc(C)c(Br)c(OC)c1F. The molecule has 15 heavy (non-hydrogen) atoms. The van der Waals surface area contributed by atoms with Crippen molar-refractivity contribution in [2.24, 2.45) is 0 Å². The van der Waals surface area contributed by atoms with Crippen molar-refractivity contribution in [1.82, 2.24) is 0 Å². The van der Waals surface area contributed by atoms with Gasteiger partial charge in [0.2, 0.25) is 0 Å². The predicted octanol–water partition coefficient (Wildman–Crippen LogP) is 2.69. The molecule has 0 amide bonds. The molecule has 0 aromatic heterocycles. The zero-order valence-corrected chi connectivity index (χ0v) is 10.1. The van der Waals surface area contributed by atoms with E-state index in [4.69, 9.17) is 4.74 Å². The van der Waals surface area contributed by atoms with Gasteiger partial charge in [0.15, 0.2) is 11.6 Å². The monoisotopic (exact) mass is 276 g/mol. The number of ether oxygens (including phenoxy) is 2. The predicted molar refractivity (Wildman–Crippen MR) is 56.7 cm³/mol. The van der Waals surface area contributed by atoms with Crippen LogP contribution in [0.5, 0.6) is 5.75 Å². The van der Waals surface area contributed by atoms with Crippen LogP contribution in [-0.2, 0) is 4.74 Å². The van der Waals surface area contributed by atoms with Crippen LogP contribution in [0, 0.1) is 12.7 Å². The van der Waals surface area contributed by atoms with Crippen molar-refractivity contribution in [2.75, 3.05) is 14.2 Å². The van der Waals surface area contributed by atoms with Gasteiger partial charge in [-0.3, -0.25) is 0 Å². The van der Waals surface area contributed by atoms with Gasteiger partial charge in [0.25, 0.3) is 0 Å². The molecule has 82 valence electrons. The Morgan fingerprint density at radius 3 is 2.53 bits per heavy atom. The van der Waals surface area contributed by atoms with Crippen LogP contribution in [0.3, 0.4) is 0 Å². The van der Waals surface area contributed by atoms with Gasteiger partial charge in [-0.25, -0.2) is 9.18 Å². The quantitative estimate of drug-likeness (QED) is 0.780. The molecule has 1 aromatic rings. The Morgan fingerprint density at radius 2 is 2.07 bits per heavy atom. The molecule has 0 aliphatic heterocycles. The normalized spacial score (nSPS) is 9.93. The van der Waals surface area contributed by atoms with E-state index in [0.29, 0.717) is 10.0 Å². The van der Waals surface area contributed by atoms with Gasteiger partial charge in [0.1, 0.15) is 0 Å². The van der Waals surface area contributed by atoms with Crippen molar-refractivity contribution in [3.05, 3.63) is 27.5 Å². The topological polar surface area (TPSA) is 35.5 Å². The molecular weight excluding hydrogens is 267 g/mol. The molecular formula is C10H10BrFO3. The number of carbonyl (C=O) groups excluding carboxylic acids is 1. The molecule has 0 fully saturated rings. The first-order chi connectivity index (χ1) is 7.02. The van der Waals surface area contributed by atoms with E-state index in [2.05, 4.69) is 20.7 Å². The van der Waals surface area contributed by atoms with Crippen LogP contribution in [0.4, 0.5) is 4.39 Å². The van der Waals surface area contributed by atoms with E-state index in [-0.39, 0.29) is 11.3 Å². The van der Waals surface area contributed by atoms with Crippen molar-refractivity contribution in [1.29, 1.82) is 0 Å². The van der Waals surface area contributed by atoms with E-state index < -0.39 is 11.8 Å². The molecule has 0 bridgehead atoms. The summed E-state index contributed by atoms with van der Waals surface area (Å²) in [7, 11) is 2.54. The first-order valence-electron chi connectivity index (χ1n) is 4.13. The first kappa shape index (κ1) is 12.0. The lowest BCUT2D eigenvalue weighted by Crippen LogP contribution is -2.07. The Morgan fingerprint density at radius 1 is 1.47 bits per heavy atom. The number of hydrogen-bond acceptors (Lipinski definition) is 3. The molecule has 3 nitrogen and oxygen atoms in total. The number of halogens is 2. The van der Waals surface area contributed by atoms with E-state index in [1.165, 1.54) is 20.3 Å². The number of hydrogen-bond donors (Lipinski definition) is 0. The summed E-state index contributed by atoms with van der Waals surface area (Å²) in [6, 6.07) is 1.41. The lowest BCUT2D eigenvalue weighted by Gasteiger charge is -2.10. The highest BCUT2D eigenvalue weighted by Crippen LogP contribution is 2.33. The van der Waals surface area contributed by atoms with E-state index >= 15 is 0 Å². The molecule has 1 aromatic carbocycles. The van der Waals surface area contributed by atoms with E-state index in [9.17, 15) is 9.18 Å². The highest BCUT2D eigenvalue weighted by atomic mass is 79.9. The smallest absolute Gasteiger partial charge is 0.341 e. The highest BCUT2D eigenvalue weighted by Gasteiger charge is 2.20. The van der Waals surface area contributed by atoms with Gasteiger partial charge in [-0.2, -0.15) is 0 Å². The molecule has 0 saturated carbocycles. The Balaban J connectivity index is 3.43. The summed E-state index contributed by atoms with van der Waals surface area (Å²) < 4.78 is 23.5. The second-order valence-corrected chi connectivity index (χ2v) is 3.69. The third-order valence-corrected chi connectivity index (χ3v) is 2.94. The molecule has 0 heterocycles. The Hall–Kier alpha value is -1.10. The van der Waals surface area contributed by atoms with Crippen molar-refractivity contribution in [2.45, 2.75) is 6.92 Å².